The van der Waals surface area contributed by atoms with Gasteiger partial charge in [-0.15, -0.1) is 0 Å². The number of aliphatic hydroxyl groups is 1. The second-order valence-corrected chi connectivity index (χ2v) is 3.19. The minimum Gasteiger partial charge on any atom is -0.480 e. The van der Waals surface area contributed by atoms with Crippen LogP contribution in [0.2, 0.25) is 0 Å². The zero-order chi connectivity index (χ0) is 13.5. The van der Waals surface area contributed by atoms with Crippen molar-refractivity contribution in [2.75, 3.05) is 13.2 Å². The van der Waals surface area contributed by atoms with E-state index in [1.807, 2.05) is 5.32 Å². The number of nitrogens with one attached hydrogen (secondary N) is 2. The van der Waals surface area contributed by atoms with Gasteiger partial charge in [0.2, 0.25) is 0 Å². The molecule has 6 nitrogen and oxygen atoms in total. The summed E-state index contributed by atoms with van der Waals surface area (Å²) in [5.74, 6) is -1.43. The van der Waals surface area contributed by atoms with Crippen molar-refractivity contribution in [2.45, 2.75) is 25.1 Å². The van der Waals surface area contributed by atoms with Crippen molar-refractivity contribution in [1.29, 1.82) is 0 Å². The molecular weight excluding hydrogens is 245 g/mol. The number of carboxylic acid groups (broad SMARTS) is 1. The average Bonchev–Trinajstić information content (AvgIpc) is 2.19. The van der Waals surface area contributed by atoms with Gasteiger partial charge in [0.05, 0.1) is 6.61 Å². The summed E-state index contributed by atoms with van der Waals surface area (Å²) in [4.78, 5) is 21.3. The lowest BCUT2D eigenvalue weighted by Gasteiger charge is -2.12. The average molecular weight is 258 g/mol. The highest BCUT2D eigenvalue weighted by Crippen LogP contribution is 2.20. The molecule has 1 atom stereocenters. The Balaban J connectivity index is 3.77. The molecule has 100 valence electrons. The Hall–Kier alpha value is -1.51. The minimum absolute atomic E-state index is 0.233. The first-order chi connectivity index (χ1) is 7.76. The van der Waals surface area contributed by atoms with Crippen molar-refractivity contribution in [1.82, 2.24) is 10.6 Å². The van der Waals surface area contributed by atoms with Gasteiger partial charge in [-0.3, -0.25) is 0 Å². The first-order valence-electron chi connectivity index (χ1n) is 4.71. The highest BCUT2D eigenvalue weighted by molar-refractivity contribution is 5.82. The summed E-state index contributed by atoms with van der Waals surface area (Å²) in [7, 11) is 0. The van der Waals surface area contributed by atoms with Crippen LogP contribution in [0.3, 0.4) is 0 Å². The summed E-state index contributed by atoms with van der Waals surface area (Å²) in [5.41, 5.74) is 0. The molecule has 17 heavy (non-hydrogen) atoms. The van der Waals surface area contributed by atoms with Crippen LogP contribution in [0.4, 0.5) is 18.0 Å². The molecule has 0 rings (SSSR count). The smallest absolute Gasteiger partial charge is 0.389 e. The Bertz CT molecular complexity index is 270. The van der Waals surface area contributed by atoms with Crippen molar-refractivity contribution >= 4 is 12.0 Å². The van der Waals surface area contributed by atoms with Crippen LogP contribution in [-0.4, -0.2) is 47.6 Å². The van der Waals surface area contributed by atoms with Gasteiger partial charge in [0.25, 0.3) is 0 Å². The van der Waals surface area contributed by atoms with Crippen LogP contribution in [0.1, 0.15) is 12.8 Å². The predicted molar refractivity (Wildman–Crippen MR) is 50.3 cm³/mol. The summed E-state index contributed by atoms with van der Waals surface area (Å²) < 4.78 is 35.1. The summed E-state index contributed by atoms with van der Waals surface area (Å²) in [6, 6.07) is -2.41. The molecule has 0 fully saturated rings. The van der Waals surface area contributed by atoms with Crippen LogP contribution in [0.15, 0.2) is 0 Å². The Morgan fingerprint density at radius 2 is 1.88 bits per heavy atom. The predicted octanol–water partition coefficient (Wildman–Crippen LogP) is 0.0736. The number of carbonyl (C=O) groups is 2. The normalized spacial score (nSPS) is 12.9. The lowest BCUT2D eigenvalue weighted by atomic mass is 10.3. The topological polar surface area (TPSA) is 98.7 Å². The van der Waals surface area contributed by atoms with E-state index >= 15 is 0 Å². The zero-order valence-electron chi connectivity index (χ0n) is 8.75. The Kier molecular flexibility index (Phi) is 6.33. The fourth-order valence-electron chi connectivity index (χ4n) is 0.886. The molecule has 0 unspecified atom stereocenters. The van der Waals surface area contributed by atoms with Crippen molar-refractivity contribution in [2.24, 2.45) is 0 Å². The van der Waals surface area contributed by atoms with E-state index in [0.717, 1.165) is 0 Å². The first-order valence-corrected chi connectivity index (χ1v) is 4.71. The number of carbonyl (C=O) groups excluding carboxylic acids is 1. The number of alkyl halides is 3. The maximum Gasteiger partial charge on any atom is 0.389 e. The van der Waals surface area contributed by atoms with Gasteiger partial charge in [-0.05, 0) is 6.42 Å². The number of hydrogen-bond donors (Lipinski definition) is 4. The van der Waals surface area contributed by atoms with Gasteiger partial charge < -0.3 is 20.8 Å². The van der Waals surface area contributed by atoms with E-state index in [0.29, 0.717) is 0 Å². The first kappa shape index (κ1) is 15.5. The standard InChI is InChI=1S/C8H13F3N2O4/c9-8(10,11)2-1-3-12-7(17)13-5(4-14)6(15)16/h5,14H,1-4H2,(H,15,16)(H2,12,13,17)/t5-/m1/s1. The van der Waals surface area contributed by atoms with Gasteiger partial charge in [0.15, 0.2) is 6.04 Å². The molecule has 0 heterocycles. The Morgan fingerprint density at radius 3 is 2.29 bits per heavy atom. The summed E-state index contributed by atoms with van der Waals surface area (Å²) >= 11 is 0. The number of carboxylic acids is 1. The van der Waals surface area contributed by atoms with Gasteiger partial charge in [-0.2, -0.15) is 13.2 Å². The summed E-state index contributed by atoms with van der Waals surface area (Å²) in [6.45, 7) is -1.03. The second kappa shape index (κ2) is 6.94. The molecule has 0 aromatic carbocycles. The minimum atomic E-state index is -4.28. The van der Waals surface area contributed by atoms with E-state index in [1.54, 1.807) is 0 Å². The quantitative estimate of drug-likeness (QED) is 0.507. The number of rotatable bonds is 6. The molecular formula is C8H13F3N2O4. The van der Waals surface area contributed by atoms with E-state index in [9.17, 15) is 22.8 Å². The third-order valence-corrected chi connectivity index (χ3v) is 1.71. The van der Waals surface area contributed by atoms with Gasteiger partial charge in [0.1, 0.15) is 0 Å². The van der Waals surface area contributed by atoms with Gasteiger partial charge in [-0.1, -0.05) is 0 Å². The number of halogens is 3. The number of urea groups is 1. The van der Waals surface area contributed by atoms with Crippen molar-refractivity contribution in [3.63, 3.8) is 0 Å². The molecule has 0 bridgehead atoms. The molecule has 0 aromatic heterocycles. The van der Waals surface area contributed by atoms with Gasteiger partial charge in [-0.25, -0.2) is 9.59 Å². The zero-order valence-corrected chi connectivity index (χ0v) is 8.75. The third kappa shape index (κ3) is 8.31. The molecule has 9 heteroatoms. The third-order valence-electron chi connectivity index (χ3n) is 1.71. The molecule has 0 aliphatic carbocycles. The molecule has 0 aliphatic heterocycles. The van der Waals surface area contributed by atoms with Crippen LogP contribution in [0, 0.1) is 0 Å². The summed E-state index contributed by atoms with van der Waals surface area (Å²) in [5, 5.41) is 20.9. The number of aliphatic carboxylic acids is 1. The van der Waals surface area contributed by atoms with E-state index in [2.05, 4.69) is 5.32 Å². The van der Waals surface area contributed by atoms with Gasteiger partial charge in [0, 0.05) is 13.0 Å². The molecule has 4 N–H and O–H groups in total. The van der Waals surface area contributed by atoms with E-state index in [1.165, 1.54) is 0 Å². The van der Waals surface area contributed by atoms with Crippen LogP contribution in [0.25, 0.3) is 0 Å². The van der Waals surface area contributed by atoms with E-state index in [4.69, 9.17) is 10.2 Å². The maximum absolute atomic E-state index is 11.7. The maximum atomic E-state index is 11.7. The van der Waals surface area contributed by atoms with Crippen molar-refractivity contribution in [3.8, 4) is 0 Å². The lowest BCUT2D eigenvalue weighted by Crippen LogP contribution is -2.48. The molecule has 0 aromatic rings. The fourth-order valence-corrected chi connectivity index (χ4v) is 0.886. The number of aliphatic hydroxyl groups excluding tert-OH is 1. The molecule has 0 radical (unpaired) electrons. The Morgan fingerprint density at radius 1 is 1.29 bits per heavy atom. The molecule has 0 aliphatic rings. The summed E-state index contributed by atoms with van der Waals surface area (Å²) in [6.07, 6.45) is -5.61. The largest absolute Gasteiger partial charge is 0.480 e. The van der Waals surface area contributed by atoms with E-state index in [-0.39, 0.29) is 13.0 Å². The number of hydrogen-bond acceptors (Lipinski definition) is 3. The SMILES string of the molecule is O=C(NCCCC(F)(F)F)N[C@H](CO)C(=O)O. The van der Waals surface area contributed by atoms with Crippen LogP contribution in [0.5, 0.6) is 0 Å². The molecule has 0 saturated heterocycles. The van der Waals surface area contributed by atoms with E-state index < -0.39 is 37.2 Å². The highest BCUT2D eigenvalue weighted by Gasteiger charge is 2.26. The van der Waals surface area contributed by atoms with Gasteiger partial charge >= 0.3 is 18.2 Å². The molecule has 0 spiro atoms. The van der Waals surface area contributed by atoms with Crippen molar-refractivity contribution < 1.29 is 33.0 Å². The second-order valence-electron chi connectivity index (χ2n) is 3.19. The molecule has 0 saturated carbocycles. The lowest BCUT2D eigenvalue weighted by molar-refractivity contribution is -0.140. The number of amides is 2. The van der Waals surface area contributed by atoms with Crippen LogP contribution < -0.4 is 10.6 Å². The van der Waals surface area contributed by atoms with Crippen LogP contribution >= 0.6 is 0 Å². The fraction of sp³-hybridized carbons (Fsp3) is 0.750. The monoisotopic (exact) mass is 258 g/mol. The van der Waals surface area contributed by atoms with Crippen molar-refractivity contribution in [3.05, 3.63) is 0 Å². The van der Waals surface area contributed by atoms with Crippen LogP contribution in [-0.2, 0) is 4.79 Å². The molecule has 2 amide bonds. The highest BCUT2D eigenvalue weighted by atomic mass is 19.4. The Labute approximate surface area is 94.8 Å².